The quantitative estimate of drug-likeness (QED) is 0.565. The van der Waals surface area contributed by atoms with Crippen LogP contribution in [-0.4, -0.2) is 39.6 Å². The minimum absolute atomic E-state index is 0.0874. The zero-order valence-corrected chi connectivity index (χ0v) is 17.0. The van der Waals surface area contributed by atoms with Crippen LogP contribution in [0.4, 0.5) is 0 Å². The minimum atomic E-state index is -1.92. The van der Waals surface area contributed by atoms with E-state index in [1.54, 1.807) is 0 Å². The molecule has 0 aromatic heterocycles. The summed E-state index contributed by atoms with van der Waals surface area (Å²) < 4.78 is 16.4. The standard InChI is InChI=1S/C17H32O5Si/c1-16(2,3)22-15(19)13-11(12(13)14(18)20-7)10-21-23(8,9)17(4,5)6/h11-13H,10H2,1-9H3/t11-,12+,13+/m0/s1. The molecule has 0 amide bonds. The van der Waals surface area contributed by atoms with Gasteiger partial charge in [-0.3, -0.25) is 9.59 Å². The van der Waals surface area contributed by atoms with Gasteiger partial charge in [-0.05, 0) is 38.9 Å². The molecule has 0 aromatic carbocycles. The number of rotatable bonds is 5. The van der Waals surface area contributed by atoms with E-state index in [0.29, 0.717) is 6.61 Å². The third-order valence-corrected chi connectivity index (χ3v) is 9.26. The third-order valence-electron chi connectivity index (χ3n) is 4.76. The van der Waals surface area contributed by atoms with Gasteiger partial charge in [0.15, 0.2) is 8.32 Å². The molecule has 23 heavy (non-hydrogen) atoms. The highest BCUT2D eigenvalue weighted by atomic mass is 28.4. The maximum Gasteiger partial charge on any atom is 0.310 e. The fourth-order valence-corrected chi connectivity index (χ4v) is 3.29. The Kier molecular flexibility index (Phi) is 5.74. The average molecular weight is 345 g/mol. The summed E-state index contributed by atoms with van der Waals surface area (Å²) in [5, 5.41) is 0.0874. The van der Waals surface area contributed by atoms with E-state index < -0.39 is 25.8 Å². The molecule has 0 radical (unpaired) electrons. The summed E-state index contributed by atoms with van der Waals surface area (Å²) in [7, 11) is -0.572. The first kappa shape index (κ1) is 20.2. The fraction of sp³-hybridized carbons (Fsp3) is 0.882. The van der Waals surface area contributed by atoms with Gasteiger partial charge in [0, 0.05) is 12.5 Å². The first-order chi connectivity index (χ1) is 10.2. The van der Waals surface area contributed by atoms with Crippen molar-refractivity contribution in [3.8, 4) is 0 Å². The Morgan fingerprint density at radius 2 is 1.43 bits per heavy atom. The van der Waals surface area contributed by atoms with Crippen molar-refractivity contribution in [3.63, 3.8) is 0 Å². The summed E-state index contributed by atoms with van der Waals surface area (Å²) >= 11 is 0. The molecule has 0 saturated heterocycles. The molecule has 5 nitrogen and oxygen atoms in total. The second-order valence-electron chi connectivity index (χ2n) is 8.84. The van der Waals surface area contributed by atoms with E-state index in [1.807, 2.05) is 20.8 Å². The normalized spacial score (nSPS) is 25.0. The molecule has 0 spiro atoms. The molecule has 1 saturated carbocycles. The number of ether oxygens (including phenoxy) is 2. The second kappa shape index (κ2) is 6.55. The molecule has 3 atom stereocenters. The highest BCUT2D eigenvalue weighted by molar-refractivity contribution is 6.74. The molecule has 1 rings (SSSR count). The Morgan fingerprint density at radius 3 is 1.83 bits per heavy atom. The van der Waals surface area contributed by atoms with Gasteiger partial charge in [0.05, 0.1) is 18.9 Å². The number of hydrogen-bond acceptors (Lipinski definition) is 5. The van der Waals surface area contributed by atoms with Gasteiger partial charge in [0.25, 0.3) is 0 Å². The zero-order chi connectivity index (χ0) is 18.2. The van der Waals surface area contributed by atoms with Crippen molar-refractivity contribution >= 4 is 20.3 Å². The monoisotopic (exact) mass is 344 g/mol. The topological polar surface area (TPSA) is 61.8 Å². The maximum atomic E-state index is 12.3. The Hall–Kier alpha value is -0.883. The van der Waals surface area contributed by atoms with Crippen molar-refractivity contribution in [2.45, 2.75) is 65.3 Å². The fourth-order valence-electron chi connectivity index (χ4n) is 2.25. The number of hydrogen-bond donors (Lipinski definition) is 0. The smallest absolute Gasteiger partial charge is 0.310 e. The molecule has 1 aliphatic carbocycles. The summed E-state index contributed by atoms with van der Waals surface area (Å²) in [6.07, 6.45) is 0. The first-order valence-electron chi connectivity index (χ1n) is 8.16. The molecule has 0 aliphatic heterocycles. The van der Waals surface area contributed by atoms with Gasteiger partial charge in [-0.1, -0.05) is 20.8 Å². The van der Waals surface area contributed by atoms with E-state index >= 15 is 0 Å². The van der Waals surface area contributed by atoms with Crippen LogP contribution in [0.1, 0.15) is 41.5 Å². The third kappa shape index (κ3) is 5.04. The highest BCUT2D eigenvalue weighted by Gasteiger charge is 2.61. The van der Waals surface area contributed by atoms with E-state index in [0.717, 1.165) is 0 Å². The molecule has 0 heterocycles. The van der Waals surface area contributed by atoms with Crippen molar-refractivity contribution in [1.29, 1.82) is 0 Å². The number of carbonyl (C=O) groups is 2. The molecular formula is C17H32O5Si. The van der Waals surface area contributed by atoms with Crippen LogP contribution in [0.5, 0.6) is 0 Å². The predicted molar refractivity (Wildman–Crippen MR) is 91.5 cm³/mol. The molecule has 0 bridgehead atoms. The Balaban J connectivity index is 2.76. The van der Waals surface area contributed by atoms with Crippen molar-refractivity contribution < 1.29 is 23.5 Å². The van der Waals surface area contributed by atoms with Gasteiger partial charge in [0.1, 0.15) is 5.60 Å². The summed E-state index contributed by atoms with van der Waals surface area (Å²) in [4.78, 5) is 24.2. The van der Waals surface area contributed by atoms with Gasteiger partial charge in [-0.2, -0.15) is 0 Å². The van der Waals surface area contributed by atoms with Crippen LogP contribution >= 0.6 is 0 Å². The SMILES string of the molecule is COC(=O)[C@@H]1[C@H](CO[Si](C)(C)C(C)(C)C)[C@H]1C(=O)OC(C)(C)C. The number of methoxy groups -OCH3 is 1. The maximum absolute atomic E-state index is 12.3. The lowest BCUT2D eigenvalue weighted by Gasteiger charge is -2.36. The first-order valence-corrected chi connectivity index (χ1v) is 11.1. The summed E-state index contributed by atoms with van der Waals surface area (Å²) in [6.45, 7) is 16.7. The van der Waals surface area contributed by atoms with Crippen molar-refractivity contribution in [3.05, 3.63) is 0 Å². The average Bonchev–Trinajstić information content (AvgIpc) is 3.06. The number of carbonyl (C=O) groups excluding carboxylic acids is 2. The van der Waals surface area contributed by atoms with Crippen molar-refractivity contribution in [2.24, 2.45) is 17.8 Å². The van der Waals surface area contributed by atoms with Crippen LogP contribution in [0.3, 0.4) is 0 Å². The van der Waals surface area contributed by atoms with Gasteiger partial charge in [-0.25, -0.2) is 0 Å². The molecule has 0 unspecified atom stereocenters. The van der Waals surface area contributed by atoms with Crippen LogP contribution in [0.15, 0.2) is 0 Å². The Bertz CT molecular complexity index is 459. The van der Waals surface area contributed by atoms with E-state index in [4.69, 9.17) is 13.9 Å². The van der Waals surface area contributed by atoms with Crippen molar-refractivity contribution in [1.82, 2.24) is 0 Å². The zero-order valence-electron chi connectivity index (χ0n) is 16.0. The Labute approximate surface area is 141 Å². The number of esters is 2. The van der Waals surface area contributed by atoms with Gasteiger partial charge >= 0.3 is 11.9 Å². The van der Waals surface area contributed by atoms with Gasteiger partial charge in [0.2, 0.25) is 0 Å². The summed E-state index contributed by atoms with van der Waals surface area (Å²) in [5.74, 6) is -1.74. The summed E-state index contributed by atoms with van der Waals surface area (Å²) in [6, 6.07) is 0. The summed E-state index contributed by atoms with van der Waals surface area (Å²) in [5.41, 5.74) is -0.564. The van der Waals surface area contributed by atoms with E-state index in [-0.39, 0.29) is 22.9 Å². The molecule has 1 aliphatic rings. The highest BCUT2D eigenvalue weighted by Crippen LogP contribution is 2.49. The Morgan fingerprint density at radius 1 is 0.957 bits per heavy atom. The van der Waals surface area contributed by atoms with E-state index in [1.165, 1.54) is 7.11 Å². The molecule has 6 heteroatoms. The predicted octanol–water partition coefficient (Wildman–Crippen LogP) is 3.39. The molecule has 0 aromatic rings. The second-order valence-corrected chi connectivity index (χ2v) is 13.7. The van der Waals surface area contributed by atoms with Crippen LogP contribution in [0.2, 0.25) is 18.1 Å². The largest absolute Gasteiger partial charge is 0.469 e. The van der Waals surface area contributed by atoms with Crippen molar-refractivity contribution in [2.75, 3.05) is 13.7 Å². The molecule has 0 N–H and O–H groups in total. The minimum Gasteiger partial charge on any atom is -0.469 e. The van der Waals surface area contributed by atoms with Crippen LogP contribution in [0.25, 0.3) is 0 Å². The lowest BCUT2D eigenvalue weighted by molar-refractivity contribution is -0.159. The lowest BCUT2D eigenvalue weighted by Crippen LogP contribution is -2.41. The molecule has 1 fully saturated rings. The van der Waals surface area contributed by atoms with E-state index in [9.17, 15) is 9.59 Å². The van der Waals surface area contributed by atoms with Crippen LogP contribution in [0, 0.1) is 17.8 Å². The van der Waals surface area contributed by atoms with Crippen LogP contribution in [-0.2, 0) is 23.5 Å². The lowest BCUT2D eigenvalue weighted by atomic mass is 10.2. The molecule has 134 valence electrons. The molecular weight excluding hydrogens is 312 g/mol. The van der Waals surface area contributed by atoms with Gasteiger partial charge in [-0.15, -0.1) is 0 Å². The van der Waals surface area contributed by atoms with Crippen LogP contribution < -0.4 is 0 Å². The van der Waals surface area contributed by atoms with E-state index in [2.05, 4.69) is 33.9 Å². The van der Waals surface area contributed by atoms with Gasteiger partial charge < -0.3 is 13.9 Å².